The average Bonchev–Trinajstić information content (AvgIpc) is 2.48. The largest absolute Gasteiger partial charge is 0.464 e. The molecule has 6 heteroatoms. The Balaban J connectivity index is 4.21. The van der Waals surface area contributed by atoms with E-state index < -0.39 is 18.1 Å². The first-order valence-electron chi connectivity index (χ1n) is 7.74. The Kier molecular flexibility index (Phi) is 12.8. The lowest BCUT2D eigenvalue weighted by Gasteiger charge is -2.17. The molecular weight excluding hydrogens is 274 g/mol. The van der Waals surface area contributed by atoms with Crippen LogP contribution in [0.4, 0.5) is 4.79 Å². The van der Waals surface area contributed by atoms with Gasteiger partial charge >= 0.3 is 12.1 Å². The van der Waals surface area contributed by atoms with E-state index in [1.165, 1.54) is 7.11 Å². The predicted octanol–water partition coefficient (Wildman–Crippen LogP) is 2.65. The highest BCUT2D eigenvalue weighted by Gasteiger charge is 2.22. The maximum atomic E-state index is 11.9. The fraction of sp³-hybridized carbons (Fsp3) is 0.867. The molecule has 0 aromatic rings. The van der Waals surface area contributed by atoms with E-state index in [2.05, 4.69) is 12.2 Å². The van der Waals surface area contributed by atoms with Gasteiger partial charge in [0.15, 0.2) is 0 Å². The van der Waals surface area contributed by atoms with Crippen molar-refractivity contribution in [1.82, 2.24) is 5.32 Å². The first kappa shape index (κ1) is 19.7. The number of hydrogen-bond donors (Lipinski definition) is 1. The molecule has 0 bridgehead atoms. The number of hydrogen-bond acceptors (Lipinski definition) is 5. The van der Waals surface area contributed by atoms with Crippen LogP contribution >= 0.6 is 0 Å². The molecule has 0 aromatic carbocycles. The minimum atomic E-state index is -0.636. The normalized spacial score (nSPS) is 11.8. The van der Waals surface area contributed by atoms with E-state index in [9.17, 15) is 9.59 Å². The summed E-state index contributed by atoms with van der Waals surface area (Å²) < 4.78 is 14.8. The van der Waals surface area contributed by atoms with Gasteiger partial charge in [-0.15, -0.1) is 0 Å². The maximum Gasteiger partial charge on any atom is 0.407 e. The lowest BCUT2D eigenvalue weighted by atomic mass is 10.1. The number of esters is 1. The van der Waals surface area contributed by atoms with Crippen LogP contribution in [0.15, 0.2) is 0 Å². The summed E-state index contributed by atoms with van der Waals surface area (Å²) in [7, 11) is 1.53. The molecule has 1 atom stereocenters. The fourth-order valence-electron chi connectivity index (χ4n) is 1.73. The molecule has 0 radical (unpaired) electrons. The highest BCUT2D eigenvalue weighted by molar-refractivity contribution is 5.81. The van der Waals surface area contributed by atoms with Gasteiger partial charge in [-0.3, -0.25) is 0 Å². The molecule has 124 valence electrons. The molecule has 0 saturated heterocycles. The van der Waals surface area contributed by atoms with E-state index in [0.29, 0.717) is 19.6 Å². The van der Waals surface area contributed by atoms with Crippen molar-refractivity contribution in [2.24, 2.45) is 0 Å². The van der Waals surface area contributed by atoms with Gasteiger partial charge in [0, 0.05) is 7.11 Å². The third-order valence-electron chi connectivity index (χ3n) is 2.89. The Morgan fingerprint density at radius 1 is 0.952 bits per heavy atom. The standard InChI is InChI=1S/C15H29NO5/c1-4-6-7-8-9-13(14(17)20-10-5-2)16-15(18)21-12-11-19-3/h13H,4-12H2,1-3H3,(H,16,18). The quantitative estimate of drug-likeness (QED) is 0.443. The van der Waals surface area contributed by atoms with Crippen molar-refractivity contribution in [2.75, 3.05) is 26.9 Å². The van der Waals surface area contributed by atoms with Gasteiger partial charge in [0.2, 0.25) is 0 Å². The van der Waals surface area contributed by atoms with Gasteiger partial charge in [-0.2, -0.15) is 0 Å². The zero-order valence-electron chi connectivity index (χ0n) is 13.5. The number of methoxy groups -OCH3 is 1. The highest BCUT2D eigenvalue weighted by atomic mass is 16.6. The summed E-state index contributed by atoms with van der Waals surface area (Å²) in [6, 6.07) is -0.636. The van der Waals surface area contributed by atoms with Gasteiger partial charge in [0.1, 0.15) is 12.6 Å². The Morgan fingerprint density at radius 3 is 2.33 bits per heavy atom. The predicted molar refractivity (Wildman–Crippen MR) is 80.2 cm³/mol. The first-order valence-corrected chi connectivity index (χ1v) is 7.74. The average molecular weight is 303 g/mol. The number of amides is 1. The number of rotatable bonds is 12. The van der Waals surface area contributed by atoms with Crippen molar-refractivity contribution in [2.45, 2.75) is 58.4 Å². The smallest absolute Gasteiger partial charge is 0.407 e. The van der Waals surface area contributed by atoms with Crippen molar-refractivity contribution < 1.29 is 23.8 Å². The number of ether oxygens (including phenoxy) is 3. The van der Waals surface area contributed by atoms with Gasteiger partial charge in [0.05, 0.1) is 13.2 Å². The number of unbranched alkanes of at least 4 members (excludes halogenated alkanes) is 3. The second-order valence-electron chi connectivity index (χ2n) is 4.84. The monoisotopic (exact) mass is 303 g/mol. The van der Waals surface area contributed by atoms with Gasteiger partial charge in [-0.05, 0) is 12.8 Å². The molecule has 6 nitrogen and oxygen atoms in total. The molecule has 0 saturated carbocycles. The molecule has 0 aliphatic heterocycles. The van der Waals surface area contributed by atoms with Gasteiger partial charge in [-0.1, -0.05) is 39.5 Å². The lowest BCUT2D eigenvalue weighted by Crippen LogP contribution is -2.42. The molecule has 0 aromatic heterocycles. The van der Waals surface area contributed by atoms with E-state index in [1.54, 1.807) is 0 Å². The highest BCUT2D eigenvalue weighted by Crippen LogP contribution is 2.07. The van der Waals surface area contributed by atoms with E-state index >= 15 is 0 Å². The Bertz CT molecular complexity index is 283. The van der Waals surface area contributed by atoms with Crippen LogP contribution in [-0.2, 0) is 19.0 Å². The van der Waals surface area contributed by atoms with Crippen LogP contribution in [0.25, 0.3) is 0 Å². The summed E-state index contributed by atoms with van der Waals surface area (Å²) in [5.41, 5.74) is 0. The van der Waals surface area contributed by atoms with Gasteiger partial charge in [0.25, 0.3) is 0 Å². The van der Waals surface area contributed by atoms with Crippen molar-refractivity contribution in [1.29, 1.82) is 0 Å². The van der Waals surface area contributed by atoms with Crippen molar-refractivity contribution in [3.8, 4) is 0 Å². The summed E-state index contributed by atoms with van der Waals surface area (Å²) in [5.74, 6) is -0.392. The van der Waals surface area contributed by atoms with E-state index in [1.807, 2.05) is 6.92 Å². The molecule has 0 spiro atoms. The van der Waals surface area contributed by atoms with E-state index in [4.69, 9.17) is 14.2 Å². The first-order chi connectivity index (χ1) is 10.2. The zero-order chi connectivity index (χ0) is 15.9. The molecule has 0 fully saturated rings. The van der Waals surface area contributed by atoms with Gasteiger partial charge in [-0.25, -0.2) is 9.59 Å². The Morgan fingerprint density at radius 2 is 1.71 bits per heavy atom. The number of alkyl carbamates (subject to hydrolysis) is 1. The topological polar surface area (TPSA) is 73.9 Å². The summed E-state index contributed by atoms with van der Waals surface area (Å²) >= 11 is 0. The van der Waals surface area contributed by atoms with Gasteiger partial charge < -0.3 is 19.5 Å². The third-order valence-corrected chi connectivity index (χ3v) is 2.89. The molecule has 0 aliphatic carbocycles. The lowest BCUT2D eigenvalue weighted by molar-refractivity contribution is -0.146. The van der Waals surface area contributed by atoms with Crippen molar-refractivity contribution >= 4 is 12.1 Å². The Labute approximate surface area is 127 Å². The Hall–Kier alpha value is -1.30. The number of nitrogens with one attached hydrogen (secondary N) is 1. The van der Waals surface area contributed by atoms with Crippen molar-refractivity contribution in [3.63, 3.8) is 0 Å². The summed E-state index contributed by atoms with van der Waals surface area (Å²) in [4.78, 5) is 23.5. The minimum Gasteiger partial charge on any atom is -0.464 e. The molecule has 1 unspecified atom stereocenters. The molecular formula is C15H29NO5. The maximum absolute atomic E-state index is 11.9. The van der Waals surface area contributed by atoms with E-state index in [-0.39, 0.29) is 6.61 Å². The molecule has 0 heterocycles. The van der Waals surface area contributed by atoms with E-state index in [0.717, 1.165) is 32.1 Å². The zero-order valence-corrected chi connectivity index (χ0v) is 13.5. The van der Waals surface area contributed by atoms with Crippen LogP contribution in [-0.4, -0.2) is 45.0 Å². The van der Waals surface area contributed by atoms with Crippen LogP contribution < -0.4 is 5.32 Å². The third kappa shape index (κ3) is 11.1. The second-order valence-corrected chi connectivity index (χ2v) is 4.84. The molecule has 0 rings (SSSR count). The molecule has 1 amide bonds. The second kappa shape index (κ2) is 13.7. The van der Waals surface area contributed by atoms with Crippen LogP contribution in [0.3, 0.4) is 0 Å². The summed E-state index contributed by atoms with van der Waals surface area (Å²) in [5, 5.41) is 2.57. The fourth-order valence-corrected chi connectivity index (χ4v) is 1.73. The molecule has 1 N–H and O–H groups in total. The minimum absolute atomic E-state index is 0.162. The summed E-state index contributed by atoms with van der Waals surface area (Å²) in [6.45, 7) is 4.91. The molecule has 21 heavy (non-hydrogen) atoms. The number of carbonyl (C=O) groups excluding carboxylic acids is 2. The van der Waals surface area contributed by atoms with Crippen LogP contribution in [0.1, 0.15) is 52.4 Å². The molecule has 0 aliphatic rings. The summed E-state index contributed by atoms with van der Waals surface area (Å²) in [6.07, 6.45) is 4.87. The number of carbonyl (C=O) groups is 2. The van der Waals surface area contributed by atoms with Crippen LogP contribution in [0.5, 0.6) is 0 Å². The van der Waals surface area contributed by atoms with Crippen LogP contribution in [0, 0.1) is 0 Å². The van der Waals surface area contributed by atoms with Crippen LogP contribution in [0.2, 0.25) is 0 Å². The van der Waals surface area contributed by atoms with Crippen molar-refractivity contribution in [3.05, 3.63) is 0 Å². The SMILES string of the molecule is CCCCCCC(NC(=O)OCCOC)C(=O)OCCC.